The van der Waals surface area contributed by atoms with Crippen LogP contribution in [0, 0.1) is 27.7 Å². The Hall–Kier alpha value is -1.02. The predicted octanol–water partition coefficient (Wildman–Crippen LogP) is 5.54. The maximum absolute atomic E-state index is 6.18. The van der Waals surface area contributed by atoms with Crippen LogP contribution in [0.2, 0.25) is 10.0 Å². The molecule has 0 aliphatic heterocycles. The van der Waals surface area contributed by atoms with Gasteiger partial charge in [-0.05, 0) is 80.3 Å². The van der Waals surface area contributed by atoms with Gasteiger partial charge in [-0.2, -0.15) is 0 Å². The summed E-state index contributed by atoms with van der Waals surface area (Å²) in [5.74, 6) is 0. The highest BCUT2D eigenvalue weighted by Gasteiger charge is 2.19. The van der Waals surface area contributed by atoms with E-state index in [1.54, 1.807) is 0 Å². The fourth-order valence-electron chi connectivity index (χ4n) is 2.85. The summed E-state index contributed by atoms with van der Waals surface area (Å²) in [6, 6.07) is 8.19. The summed E-state index contributed by atoms with van der Waals surface area (Å²) >= 11 is 12.2. The van der Waals surface area contributed by atoms with E-state index >= 15 is 0 Å². The molecule has 2 aromatic rings. The molecule has 0 saturated carbocycles. The van der Waals surface area contributed by atoms with Gasteiger partial charge in [-0.1, -0.05) is 35.3 Å². The molecule has 0 amide bonds. The smallest absolute Gasteiger partial charge is 0.0595 e. The molecule has 0 aromatic heterocycles. The number of halogens is 2. The normalized spacial score (nSPS) is 12.5. The molecule has 1 unspecified atom stereocenters. The molecular weight excluding hydrogens is 301 g/mol. The summed E-state index contributed by atoms with van der Waals surface area (Å²) in [6.07, 6.45) is 0. The molecule has 21 heavy (non-hydrogen) atoms. The standard InChI is InChI=1S/C18H21Cl2N/c1-10-8-11(2)13(4)17(12(10)3)18(21-5)14-6-7-15(19)16(20)9-14/h6-9,18,21H,1-5H3. The van der Waals surface area contributed by atoms with E-state index in [9.17, 15) is 0 Å². The van der Waals surface area contributed by atoms with E-state index in [2.05, 4.69) is 39.1 Å². The monoisotopic (exact) mass is 321 g/mol. The third-order valence-electron chi connectivity index (χ3n) is 4.28. The molecule has 1 atom stereocenters. The van der Waals surface area contributed by atoms with Crippen molar-refractivity contribution in [2.75, 3.05) is 7.05 Å². The molecule has 3 heteroatoms. The van der Waals surface area contributed by atoms with Gasteiger partial charge >= 0.3 is 0 Å². The molecule has 112 valence electrons. The molecule has 0 fully saturated rings. The Morgan fingerprint density at radius 3 is 1.90 bits per heavy atom. The van der Waals surface area contributed by atoms with E-state index in [0.29, 0.717) is 10.0 Å². The van der Waals surface area contributed by atoms with E-state index in [4.69, 9.17) is 23.2 Å². The first kappa shape index (κ1) is 16.4. The first-order valence-electron chi connectivity index (χ1n) is 7.06. The van der Waals surface area contributed by atoms with E-state index < -0.39 is 0 Å². The van der Waals surface area contributed by atoms with Gasteiger partial charge in [0, 0.05) is 0 Å². The third-order valence-corrected chi connectivity index (χ3v) is 5.02. The summed E-state index contributed by atoms with van der Waals surface area (Å²) < 4.78 is 0. The van der Waals surface area contributed by atoms with Crippen molar-refractivity contribution < 1.29 is 0 Å². The molecule has 0 radical (unpaired) electrons. The van der Waals surface area contributed by atoms with Gasteiger partial charge in [0.1, 0.15) is 0 Å². The van der Waals surface area contributed by atoms with Crippen LogP contribution < -0.4 is 5.32 Å². The van der Waals surface area contributed by atoms with Gasteiger partial charge in [0.25, 0.3) is 0 Å². The minimum atomic E-state index is 0.110. The number of rotatable bonds is 3. The molecule has 0 saturated heterocycles. The number of nitrogens with one attached hydrogen (secondary N) is 1. The van der Waals surface area contributed by atoms with Crippen LogP contribution >= 0.6 is 23.2 Å². The molecule has 1 nitrogen and oxygen atoms in total. The van der Waals surface area contributed by atoms with Crippen molar-refractivity contribution in [1.29, 1.82) is 0 Å². The Labute approximate surface area is 137 Å². The maximum atomic E-state index is 6.18. The molecule has 1 N–H and O–H groups in total. The van der Waals surface area contributed by atoms with E-state index in [1.165, 1.54) is 27.8 Å². The maximum Gasteiger partial charge on any atom is 0.0595 e. The Morgan fingerprint density at radius 1 is 0.857 bits per heavy atom. The Kier molecular flexibility index (Phi) is 4.98. The largest absolute Gasteiger partial charge is 0.309 e. The molecule has 0 bridgehead atoms. The van der Waals surface area contributed by atoms with Crippen molar-refractivity contribution in [3.8, 4) is 0 Å². The summed E-state index contributed by atoms with van der Waals surface area (Å²) in [7, 11) is 1.98. The van der Waals surface area contributed by atoms with Gasteiger partial charge in [0.15, 0.2) is 0 Å². The van der Waals surface area contributed by atoms with Crippen molar-refractivity contribution in [2.24, 2.45) is 0 Å². The first-order chi connectivity index (χ1) is 9.86. The van der Waals surface area contributed by atoms with Crippen LogP contribution in [-0.4, -0.2) is 7.05 Å². The number of aryl methyl sites for hydroxylation is 2. The summed E-state index contributed by atoms with van der Waals surface area (Å²) in [5, 5.41) is 4.59. The lowest BCUT2D eigenvalue weighted by atomic mass is 9.87. The van der Waals surface area contributed by atoms with Crippen LogP contribution in [0.5, 0.6) is 0 Å². The van der Waals surface area contributed by atoms with Crippen LogP contribution in [0.4, 0.5) is 0 Å². The molecule has 2 rings (SSSR count). The topological polar surface area (TPSA) is 12.0 Å². The van der Waals surface area contributed by atoms with Gasteiger partial charge in [-0.25, -0.2) is 0 Å². The Morgan fingerprint density at radius 2 is 1.43 bits per heavy atom. The number of benzene rings is 2. The average Bonchev–Trinajstić information content (AvgIpc) is 2.44. The highest BCUT2D eigenvalue weighted by Crippen LogP contribution is 2.33. The lowest BCUT2D eigenvalue weighted by Crippen LogP contribution is -2.20. The number of hydrogen-bond donors (Lipinski definition) is 1. The second-order valence-electron chi connectivity index (χ2n) is 5.57. The van der Waals surface area contributed by atoms with Crippen molar-refractivity contribution >= 4 is 23.2 Å². The highest BCUT2D eigenvalue weighted by atomic mass is 35.5. The van der Waals surface area contributed by atoms with Crippen molar-refractivity contribution in [3.05, 3.63) is 67.7 Å². The quantitative estimate of drug-likeness (QED) is 0.783. The minimum Gasteiger partial charge on any atom is -0.309 e. The summed E-state index contributed by atoms with van der Waals surface area (Å²) in [5.41, 5.74) is 7.73. The predicted molar refractivity (Wildman–Crippen MR) is 92.8 cm³/mol. The summed E-state index contributed by atoms with van der Waals surface area (Å²) in [6.45, 7) is 8.68. The Balaban J connectivity index is 2.64. The van der Waals surface area contributed by atoms with Gasteiger partial charge in [-0.3, -0.25) is 0 Å². The van der Waals surface area contributed by atoms with Crippen molar-refractivity contribution in [3.63, 3.8) is 0 Å². The highest BCUT2D eigenvalue weighted by molar-refractivity contribution is 6.42. The SMILES string of the molecule is CNC(c1ccc(Cl)c(Cl)c1)c1c(C)c(C)cc(C)c1C. The van der Waals surface area contributed by atoms with Crippen LogP contribution in [-0.2, 0) is 0 Å². The van der Waals surface area contributed by atoms with Gasteiger partial charge in [-0.15, -0.1) is 0 Å². The average molecular weight is 322 g/mol. The molecule has 2 aromatic carbocycles. The zero-order valence-electron chi connectivity index (χ0n) is 13.1. The zero-order valence-corrected chi connectivity index (χ0v) is 14.7. The second-order valence-corrected chi connectivity index (χ2v) is 6.38. The third kappa shape index (κ3) is 3.11. The van der Waals surface area contributed by atoms with Gasteiger partial charge in [0.2, 0.25) is 0 Å². The summed E-state index contributed by atoms with van der Waals surface area (Å²) in [4.78, 5) is 0. The minimum absolute atomic E-state index is 0.110. The van der Waals surface area contributed by atoms with Crippen molar-refractivity contribution in [1.82, 2.24) is 5.32 Å². The lowest BCUT2D eigenvalue weighted by molar-refractivity contribution is 0.681. The van der Waals surface area contributed by atoms with Crippen LogP contribution in [0.25, 0.3) is 0 Å². The van der Waals surface area contributed by atoms with E-state index in [-0.39, 0.29) is 6.04 Å². The van der Waals surface area contributed by atoms with E-state index in [0.717, 1.165) is 5.56 Å². The fourth-order valence-corrected chi connectivity index (χ4v) is 3.16. The fraction of sp³-hybridized carbons (Fsp3) is 0.333. The number of hydrogen-bond acceptors (Lipinski definition) is 1. The van der Waals surface area contributed by atoms with Crippen LogP contribution in [0.3, 0.4) is 0 Å². The molecule has 0 aliphatic carbocycles. The molecule has 0 aliphatic rings. The van der Waals surface area contributed by atoms with Crippen LogP contribution in [0.1, 0.15) is 39.4 Å². The zero-order chi connectivity index (χ0) is 15.7. The van der Waals surface area contributed by atoms with Gasteiger partial charge < -0.3 is 5.32 Å². The molecular formula is C18H21Cl2N. The van der Waals surface area contributed by atoms with Crippen molar-refractivity contribution in [2.45, 2.75) is 33.7 Å². The van der Waals surface area contributed by atoms with Crippen LogP contribution in [0.15, 0.2) is 24.3 Å². The lowest BCUT2D eigenvalue weighted by Gasteiger charge is -2.24. The van der Waals surface area contributed by atoms with E-state index in [1.807, 2.05) is 25.2 Å². The first-order valence-corrected chi connectivity index (χ1v) is 7.82. The molecule has 0 heterocycles. The molecule has 0 spiro atoms. The van der Waals surface area contributed by atoms with Gasteiger partial charge in [0.05, 0.1) is 16.1 Å². The second kappa shape index (κ2) is 6.39. The Bertz CT molecular complexity index is 651.